The molecule has 138 valence electrons. The topological polar surface area (TPSA) is 66.7 Å². The third-order valence-corrected chi connectivity index (χ3v) is 5.57. The second-order valence-corrected chi connectivity index (χ2v) is 7.53. The highest BCUT2D eigenvalue weighted by atomic mass is 35.5. The van der Waals surface area contributed by atoms with Gasteiger partial charge in [0.1, 0.15) is 0 Å². The summed E-state index contributed by atoms with van der Waals surface area (Å²) in [6.45, 7) is 1.87. The Labute approximate surface area is 164 Å². The molecular formula is C19H16ClN3O3S. The lowest BCUT2D eigenvalue weighted by Crippen LogP contribution is -2.50. The lowest BCUT2D eigenvalue weighted by atomic mass is 10.2. The number of hydrogen-bond acceptors (Lipinski definition) is 5. The zero-order valence-electron chi connectivity index (χ0n) is 14.3. The predicted molar refractivity (Wildman–Crippen MR) is 103 cm³/mol. The van der Waals surface area contributed by atoms with E-state index in [-0.39, 0.29) is 17.5 Å². The summed E-state index contributed by atoms with van der Waals surface area (Å²) >= 11 is 7.39. The molecule has 4 rings (SSSR count). The van der Waals surface area contributed by atoms with Gasteiger partial charge >= 0.3 is 0 Å². The Balaban J connectivity index is 1.38. The zero-order valence-corrected chi connectivity index (χ0v) is 15.9. The molecule has 27 heavy (non-hydrogen) atoms. The third-order valence-electron chi connectivity index (χ3n) is 4.44. The number of nitrogens with zero attached hydrogens (tertiary/aromatic N) is 3. The van der Waals surface area contributed by atoms with Gasteiger partial charge in [-0.2, -0.15) is 0 Å². The average molecular weight is 402 g/mol. The fourth-order valence-electron chi connectivity index (χ4n) is 2.96. The molecule has 1 saturated heterocycles. The van der Waals surface area contributed by atoms with Crippen molar-refractivity contribution in [2.45, 2.75) is 0 Å². The van der Waals surface area contributed by atoms with Crippen LogP contribution in [-0.4, -0.2) is 52.9 Å². The van der Waals surface area contributed by atoms with Crippen LogP contribution in [0.15, 0.2) is 52.4 Å². The normalized spacial score (nSPS) is 14.4. The molecule has 2 aromatic heterocycles. The van der Waals surface area contributed by atoms with Crippen LogP contribution in [0, 0.1) is 0 Å². The summed E-state index contributed by atoms with van der Waals surface area (Å²) in [4.78, 5) is 29.6. The van der Waals surface area contributed by atoms with Crippen molar-refractivity contribution in [1.29, 1.82) is 0 Å². The van der Waals surface area contributed by atoms with E-state index in [1.165, 1.54) is 11.3 Å². The van der Waals surface area contributed by atoms with Gasteiger partial charge < -0.3 is 14.3 Å². The van der Waals surface area contributed by atoms with E-state index >= 15 is 0 Å². The second-order valence-electron chi connectivity index (χ2n) is 6.14. The van der Waals surface area contributed by atoms with E-state index in [0.29, 0.717) is 42.5 Å². The molecule has 6 nitrogen and oxygen atoms in total. The summed E-state index contributed by atoms with van der Waals surface area (Å²) in [5.74, 6) is 0.352. The maximum Gasteiger partial charge on any atom is 0.276 e. The number of thiophene rings is 1. The lowest BCUT2D eigenvalue weighted by molar-refractivity contribution is 0.0530. The number of amides is 2. The van der Waals surface area contributed by atoms with Crippen molar-refractivity contribution in [3.05, 3.63) is 64.1 Å². The first-order chi connectivity index (χ1) is 13.1. The average Bonchev–Trinajstić information content (AvgIpc) is 3.39. The Morgan fingerprint density at radius 1 is 1.00 bits per heavy atom. The van der Waals surface area contributed by atoms with Gasteiger partial charge in [0.15, 0.2) is 11.5 Å². The first-order valence-electron chi connectivity index (χ1n) is 8.46. The van der Waals surface area contributed by atoms with Gasteiger partial charge in [-0.25, -0.2) is 0 Å². The lowest BCUT2D eigenvalue weighted by Gasteiger charge is -2.34. The summed E-state index contributed by atoms with van der Waals surface area (Å²) in [5, 5.41) is 6.44. The molecule has 2 amide bonds. The number of rotatable bonds is 3. The van der Waals surface area contributed by atoms with E-state index in [1.54, 1.807) is 40.1 Å². The Bertz CT molecular complexity index is 945. The van der Waals surface area contributed by atoms with Crippen molar-refractivity contribution in [3.8, 4) is 10.6 Å². The summed E-state index contributed by atoms with van der Waals surface area (Å²) < 4.78 is 5.29. The van der Waals surface area contributed by atoms with E-state index < -0.39 is 0 Å². The fourth-order valence-corrected chi connectivity index (χ4v) is 3.76. The molecule has 1 aromatic carbocycles. The number of piperazine rings is 1. The Morgan fingerprint density at radius 3 is 2.30 bits per heavy atom. The van der Waals surface area contributed by atoms with Crippen molar-refractivity contribution in [1.82, 2.24) is 15.0 Å². The maximum absolute atomic E-state index is 12.7. The van der Waals surface area contributed by atoms with Crippen LogP contribution in [0.5, 0.6) is 0 Å². The highest BCUT2D eigenvalue weighted by molar-refractivity contribution is 7.13. The van der Waals surface area contributed by atoms with Crippen LogP contribution in [0.25, 0.3) is 10.6 Å². The van der Waals surface area contributed by atoms with Crippen LogP contribution in [0.2, 0.25) is 5.02 Å². The first-order valence-corrected chi connectivity index (χ1v) is 9.72. The minimum Gasteiger partial charge on any atom is -0.355 e. The van der Waals surface area contributed by atoms with Gasteiger partial charge in [0.25, 0.3) is 11.8 Å². The van der Waals surface area contributed by atoms with Crippen LogP contribution in [0.4, 0.5) is 0 Å². The standard InChI is InChI=1S/C19H16ClN3O3S/c20-14-5-3-13(4-6-14)18(24)22-7-9-23(10-8-22)19(25)15-12-16(26-21-15)17-2-1-11-27-17/h1-6,11-12H,7-10H2. The second kappa shape index (κ2) is 7.54. The molecule has 1 aliphatic heterocycles. The Hall–Kier alpha value is -2.64. The first kappa shape index (κ1) is 17.8. The minimum atomic E-state index is -0.180. The van der Waals surface area contributed by atoms with Gasteiger partial charge in [0.05, 0.1) is 4.88 Å². The highest BCUT2D eigenvalue weighted by Gasteiger charge is 2.27. The molecular weight excluding hydrogens is 386 g/mol. The number of hydrogen-bond donors (Lipinski definition) is 0. The smallest absolute Gasteiger partial charge is 0.276 e. The monoisotopic (exact) mass is 401 g/mol. The van der Waals surface area contributed by atoms with Crippen molar-refractivity contribution < 1.29 is 14.1 Å². The van der Waals surface area contributed by atoms with Gasteiger partial charge in [-0.15, -0.1) is 11.3 Å². The summed E-state index contributed by atoms with van der Waals surface area (Å²) in [6, 6.07) is 12.3. The van der Waals surface area contributed by atoms with Crippen LogP contribution in [0.3, 0.4) is 0 Å². The highest BCUT2D eigenvalue weighted by Crippen LogP contribution is 2.25. The van der Waals surface area contributed by atoms with E-state index in [9.17, 15) is 9.59 Å². The molecule has 0 atom stereocenters. The van der Waals surface area contributed by atoms with Crippen LogP contribution < -0.4 is 0 Å². The van der Waals surface area contributed by atoms with Crippen LogP contribution in [0.1, 0.15) is 20.8 Å². The van der Waals surface area contributed by atoms with E-state index in [2.05, 4.69) is 5.16 Å². The largest absolute Gasteiger partial charge is 0.355 e. The number of halogens is 1. The van der Waals surface area contributed by atoms with Gasteiger partial charge in [0.2, 0.25) is 0 Å². The fraction of sp³-hybridized carbons (Fsp3) is 0.211. The van der Waals surface area contributed by atoms with Crippen molar-refractivity contribution in [2.75, 3.05) is 26.2 Å². The molecule has 8 heteroatoms. The van der Waals surface area contributed by atoms with Crippen molar-refractivity contribution in [3.63, 3.8) is 0 Å². The molecule has 0 saturated carbocycles. The number of aromatic nitrogens is 1. The van der Waals surface area contributed by atoms with Crippen LogP contribution in [-0.2, 0) is 0 Å². The Kier molecular flexibility index (Phi) is 4.96. The molecule has 0 radical (unpaired) electrons. The van der Waals surface area contributed by atoms with E-state index in [0.717, 1.165) is 4.88 Å². The molecule has 0 aliphatic carbocycles. The molecule has 3 heterocycles. The third kappa shape index (κ3) is 3.74. The number of carbonyl (C=O) groups excluding carboxylic acids is 2. The summed E-state index contributed by atoms with van der Waals surface area (Å²) in [6.07, 6.45) is 0. The number of carbonyl (C=O) groups is 2. The van der Waals surface area contributed by atoms with Gasteiger partial charge in [-0.05, 0) is 35.7 Å². The SMILES string of the molecule is O=C(c1ccc(Cl)cc1)N1CCN(C(=O)c2cc(-c3cccs3)on2)CC1. The molecule has 3 aromatic rings. The van der Waals surface area contributed by atoms with Crippen molar-refractivity contribution >= 4 is 34.8 Å². The number of benzene rings is 1. The zero-order chi connectivity index (χ0) is 18.8. The van der Waals surface area contributed by atoms with Crippen molar-refractivity contribution in [2.24, 2.45) is 0 Å². The summed E-state index contributed by atoms with van der Waals surface area (Å²) in [5.41, 5.74) is 0.882. The molecule has 1 aliphatic rings. The molecule has 0 N–H and O–H groups in total. The quantitative estimate of drug-likeness (QED) is 0.671. The molecule has 1 fully saturated rings. The molecule has 0 bridgehead atoms. The van der Waals surface area contributed by atoms with Gasteiger partial charge in [0, 0.05) is 42.8 Å². The molecule has 0 spiro atoms. The summed E-state index contributed by atoms with van der Waals surface area (Å²) in [7, 11) is 0. The van der Waals surface area contributed by atoms with Gasteiger partial charge in [-0.3, -0.25) is 9.59 Å². The minimum absolute atomic E-state index is 0.0554. The predicted octanol–water partition coefficient (Wildman–Crippen LogP) is 3.65. The Morgan fingerprint density at radius 2 is 1.67 bits per heavy atom. The van der Waals surface area contributed by atoms with E-state index in [1.807, 2.05) is 17.5 Å². The maximum atomic E-state index is 12.7. The van der Waals surface area contributed by atoms with E-state index in [4.69, 9.17) is 16.1 Å². The molecule has 0 unspecified atom stereocenters. The van der Waals surface area contributed by atoms with Gasteiger partial charge in [-0.1, -0.05) is 22.8 Å². The van der Waals surface area contributed by atoms with Crippen LogP contribution >= 0.6 is 22.9 Å².